The summed E-state index contributed by atoms with van der Waals surface area (Å²) in [7, 11) is -3.94. The van der Waals surface area contributed by atoms with Crippen LogP contribution in [0.15, 0.2) is 41.2 Å². The van der Waals surface area contributed by atoms with Crippen molar-refractivity contribution < 1.29 is 17.2 Å². The summed E-state index contributed by atoms with van der Waals surface area (Å²) in [6, 6.07) is 7.31. The minimum atomic E-state index is -3.94. The monoisotopic (exact) mass is 423 g/mol. The predicted molar refractivity (Wildman–Crippen MR) is 102 cm³/mol. The zero-order valence-electron chi connectivity index (χ0n) is 15.8. The second-order valence-corrected chi connectivity index (χ2v) is 8.29. The Morgan fingerprint density at radius 2 is 1.83 bits per heavy atom. The standard InChI is InChI=1S/C18H19F2N5O3S/c1-12-9-13(2)25(22-12)17-5-6-18(26)24(23-17)8-7-21-29(27,28)11-14-10-15(19)3-4-16(14)20/h3-6,9-10,21H,7-8,11H2,1-2H3. The lowest BCUT2D eigenvalue weighted by molar-refractivity contribution is 0.538. The highest BCUT2D eigenvalue weighted by Crippen LogP contribution is 2.12. The van der Waals surface area contributed by atoms with Crippen LogP contribution in [0, 0.1) is 25.5 Å². The van der Waals surface area contributed by atoms with Gasteiger partial charge in [0.25, 0.3) is 5.56 Å². The van der Waals surface area contributed by atoms with Crippen LogP contribution >= 0.6 is 0 Å². The molecule has 0 bridgehead atoms. The number of sulfonamides is 1. The van der Waals surface area contributed by atoms with Gasteiger partial charge in [0.15, 0.2) is 5.82 Å². The molecule has 29 heavy (non-hydrogen) atoms. The molecule has 0 fully saturated rings. The van der Waals surface area contributed by atoms with Crippen LogP contribution in [0.5, 0.6) is 0 Å². The summed E-state index contributed by atoms with van der Waals surface area (Å²) in [4.78, 5) is 12.0. The fraction of sp³-hybridized carbons (Fsp3) is 0.278. The first-order chi connectivity index (χ1) is 13.6. The largest absolute Gasteiger partial charge is 0.268 e. The number of hydrogen-bond donors (Lipinski definition) is 1. The van der Waals surface area contributed by atoms with Crippen LogP contribution in [0.3, 0.4) is 0 Å². The van der Waals surface area contributed by atoms with Crippen molar-refractivity contribution in [2.45, 2.75) is 26.1 Å². The van der Waals surface area contributed by atoms with Gasteiger partial charge in [0, 0.05) is 23.9 Å². The molecule has 0 saturated heterocycles. The fourth-order valence-electron chi connectivity index (χ4n) is 2.79. The summed E-state index contributed by atoms with van der Waals surface area (Å²) >= 11 is 0. The summed E-state index contributed by atoms with van der Waals surface area (Å²) in [5.41, 5.74) is 0.933. The van der Waals surface area contributed by atoms with Gasteiger partial charge in [-0.05, 0) is 44.2 Å². The van der Waals surface area contributed by atoms with E-state index in [0.717, 1.165) is 34.3 Å². The van der Waals surface area contributed by atoms with E-state index in [1.807, 2.05) is 19.9 Å². The molecule has 0 saturated carbocycles. The molecular formula is C18H19F2N5O3S. The molecule has 0 unspecified atom stereocenters. The molecule has 0 radical (unpaired) electrons. The summed E-state index contributed by atoms with van der Waals surface area (Å²) in [6.45, 7) is 3.48. The molecule has 8 nitrogen and oxygen atoms in total. The number of nitrogens with zero attached hydrogens (tertiary/aromatic N) is 4. The maximum atomic E-state index is 13.7. The summed E-state index contributed by atoms with van der Waals surface area (Å²) in [6.07, 6.45) is 0. The van der Waals surface area contributed by atoms with Crippen molar-refractivity contribution in [1.29, 1.82) is 0 Å². The van der Waals surface area contributed by atoms with Crippen molar-refractivity contribution in [2.24, 2.45) is 0 Å². The highest BCUT2D eigenvalue weighted by atomic mass is 32.2. The Morgan fingerprint density at radius 3 is 2.52 bits per heavy atom. The van der Waals surface area contributed by atoms with Crippen LogP contribution in [0.2, 0.25) is 0 Å². The molecule has 3 aromatic rings. The van der Waals surface area contributed by atoms with E-state index >= 15 is 0 Å². The predicted octanol–water partition coefficient (Wildman–Crippen LogP) is 1.44. The third-order valence-corrected chi connectivity index (χ3v) is 5.41. The number of benzene rings is 1. The number of halogens is 2. The number of nitrogens with one attached hydrogen (secondary N) is 1. The first-order valence-electron chi connectivity index (χ1n) is 8.68. The Bertz CT molecular complexity index is 1200. The van der Waals surface area contributed by atoms with Crippen LogP contribution < -0.4 is 10.3 Å². The highest BCUT2D eigenvalue weighted by molar-refractivity contribution is 7.88. The second-order valence-electron chi connectivity index (χ2n) is 6.48. The summed E-state index contributed by atoms with van der Waals surface area (Å²) in [5.74, 6) is -1.84. The van der Waals surface area contributed by atoms with Crippen molar-refractivity contribution in [3.05, 3.63) is 75.3 Å². The molecule has 0 amide bonds. The van der Waals surface area contributed by atoms with E-state index in [1.165, 1.54) is 12.1 Å². The van der Waals surface area contributed by atoms with Crippen molar-refractivity contribution in [3.8, 4) is 5.82 Å². The molecule has 1 N–H and O–H groups in total. The van der Waals surface area contributed by atoms with Gasteiger partial charge in [-0.3, -0.25) is 4.79 Å². The van der Waals surface area contributed by atoms with Gasteiger partial charge in [-0.1, -0.05) is 0 Å². The van der Waals surface area contributed by atoms with Gasteiger partial charge in [0.05, 0.1) is 18.0 Å². The molecule has 2 heterocycles. The van der Waals surface area contributed by atoms with E-state index in [4.69, 9.17) is 0 Å². The summed E-state index contributed by atoms with van der Waals surface area (Å²) in [5, 5.41) is 8.50. The Morgan fingerprint density at radius 1 is 1.07 bits per heavy atom. The third kappa shape index (κ3) is 5.12. The van der Waals surface area contributed by atoms with Gasteiger partial charge >= 0.3 is 0 Å². The van der Waals surface area contributed by atoms with Gasteiger partial charge in [0.1, 0.15) is 11.6 Å². The Labute approximate surface area is 165 Å². The minimum Gasteiger partial charge on any atom is -0.268 e. The molecule has 0 aliphatic rings. The Kier molecular flexibility index (Phi) is 5.89. The topological polar surface area (TPSA) is 98.9 Å². The van der Waals surface area contributed by atoms with Crippen molar-refractivity contribution >= 4 is 10.0 Å². The molecule has 0 spiro atoms. The molecule has 2 aromatic heterocycles. The maximum Gasteiger partial charge on any atom is 0.266 e. The van der Waals surface area contributed by atoms with E-state index in [2.05, 4.69) is 14.9 Å². The lowest BCUT2D eigenvalue weighted by Gasteiger charge is -2.10. The smallest absolute Gasteiger partial charge is 0.266 e. The zero-order valence-corrected chi connectivity index (χ0v) is 16.6. The van der Waals surface area contributed by atoms with E-state index in [0.29, 0.717) is 5.82 Å². The van der Waals surface area contributed by atoms with Crippen molar-refractivity contribution in [2.75, 3.05) is 6.54 Å². The Balaban J connectivity index is 1.70. The fourth-order valence-corrected chi connectivity index (χ4v) is 3.92. The average molecular weight is 423 g/mol. The minimum absolute atomic E-state index is 0.0448. The van der Waals surface area contributed by atoms with Gasteiger partial charge < -0.3 is 0 Å². The first kappa shape index (κ1) is 20.8. The molecular weight excluding hydrogens is 404 g/mol. The van der Waals surface area contributed by atoms with E-state index in [9.17, 15) is 22.0 Å². The van der Waals surface area contributed by atoms with E-state index in [1.54, 1.807) is 4.68 Å². The third-order valence-electron chi connectivity index (χ3n) is 4.08. The molecule has 1 aromatic carbocycles. The second kappa shape index (κ2) is 8.21. The van der Waals surface area contributed by atoms with Crippen molar-refractivity contribution in [3.63, 3.8) is 0 Å². The Hall–Kier alpha value is -2.92. The normalized spacial score (nSPS) is 11.7. The summed E-state index contributed by atoms with van der Waals surface area (Å²) < 4.78 is 56.1. The van der Waals surface area contributed by atoms with Crippen LogP contribution in [-0.4, -0.2) is 34.5 Å². The lowest BCUT2D eigenvalue weighted by Crippen LogP contribution is -2.33. The molecule has 0 aliphatic heterocycles. The first-order valence-corrected chi connectivity index (χ1v) is 10.3. The molecule has 0 aliphatic carbocycles. The number of hydrogen-bond acceptors (Lipinski definition) is 5. The van der Waals surface area contributed by atoms with Gasteiger partial charge in [-0.25, -0.2) is 31.3 Å². The van der Waals surface area contributed by atoms with Gasteiger partial charge in [-0.2, -0.15) is 5.10 Å². The van der Waals surface area contributed by atoms with Gasteiger partial charge in [-0.15, -0.1) is 5.10 Å². The average Bonchev–Trinajstić information content (AvgIpc) is 2.97. The number of rotatable bonds is 7. The van der Waals surface area contributed by atoms with Crippen LogP contribution in [0.4, 0.5) is 8.78 Å². The van der Waals surface area contributed by atoms with Crippen LogP contribution in [0.1, 0.15) is 17.0 Å². The van der Waals surface area contributed by atoms with E-state index in [-0.39, 0.29) is 18.7 Å². The quantitative estimate of drug-likeness (QED) is 0.620. The molecule has 3 rings (SSSR count). The zero-order chi connectivity index (χ0) is 21.2. The van der Waals surface area contributed by atoms with Crippen LogP contribution in [-0.2, 0) is 22.3 Å². The van der Waals surface area contributed by atoms with Crippen molar-refractivity contribution in [1.82, 2.24) is 24.3 Å². The molecule has 154 valence electrons. The molecule has 11 heteroatoms. The number of aryl methyl sites for hydroxylation is 2. The number of aromatic nitrogens is 4. The van der Waals surface area contributed by atoms with Crippen LogP contribution in [0.25, 0.3) is 5.82 Å². The van der Waals surface area contributed by atoms with Gasteiger partial charge in [0.2, 0.25) is 10.0 Å². The SMILES string of the molecule is Cc1cc(C)n(-c2ccc(=O)n(CCNS(=O)(=O)Cc3cc(F)ccc3F)n2)n1. The van der Waals surface area contributed by atoms with E-state index < -0.39 is 33.0 Å². The highest BCUT2D eigenvalue weighted by Gasteiger charge is 2.15. The lowest BCUT2D eigenvalue weighted by atomic mass is 10.2. The maximum absolute atomic E-state index is 13.7. The molecule has 0 atom stereocenters.